The molecule has 6 heteroatoms. The van der Waals surface area contributed by atoms with Gasteiger partial charge < -0.3 is 4.74 Å². The van der Waals surface area contributed by atoms with E-state index in [9.17, 15) is 4.79 Å². The van der Waals surface area contributed by atoms with Crippen LogP contribution < -0.4 is 0 Å². The Hall–Kier alpha value is -1.29. The number of hydrogen-bond acceptors (Lipinski definition) is 3. The van der Waals surface area contributed by atoms with Crippen molar-refractivity contribution in [2.75, 3.05) is 7.11 Å². The number of pyridine rings is 1. The van der Waals surface area contributed by atoms with Crippen LogP contribution in [0.1, 0.15) is 10.4 Å². The maximum absolute atomic E-state index is 11.8. The van der Waals surface area contributed by atoms with Gasteiger partial charge in [0.05, 0.1) is 33.4 Å². The quantitative estimate of drug-likeness (QED) is 0.766. The highest BCUT2D eigenvalue weighted by Crippen LogP contribution is 2.34. The van der Waals surface area contributed by atoms with Crippen molar-refractivity contribution in [1.82, 2.24) is 4.98 Å². The fraction of sp³-hybridized carbons (Fsp3) is 0.0769. The Kier molecular flexibility index (Phi) is 4.30. The van der Waals surface area contributed by atoms with Crippen LogP contribution >= 0.6 is 34.8 Å². The summed E-state index contributed by atoms with van der Waals surface area (Å²) < 4.78 is 4.71. The molecule has 0 aliphatic carbocycles. The van der Waals surface area contributed by atoms with Crippen molar-refractivity contribution in [3.8, 4) is 11.3 Å². The smallest absolute Gasteiger partial charge is 0.340 e. The van der Waals surface area contributed by atoms with E-state index in [-0.39, 0.29) is 5.56 Å². The minimum absolute atomic E-state index is 0.235. The fourth-order valence-electron chi connectivity index (χ4n) is 1.61. The highest BCUT2D eigenvalue weighted by Gasteiger charge is 2.18. The molecule has 2 rings (SSSR count). The Balaban J connectivity index is 2.68. The Morgan fingerprint density at radius 3 is 2.68 bits per heavy atom. The summed E-state index contributed by atoms with van der Waals surface area (Å²) in [5, 5.41) is 1.04. The largest absolute Gasteiger partial charge is 0.465 e. The van der Waals surface area contributed by atoms with Gasteiger partial charge in [-0.25, -0.2) is 4.79 Å². The zero-order valence-electron chi connectivity index (χ0n) is 9.78. The number of methoxy groups -OCH3 is 1. The van der Waals surface area contributed by atoms with Gasteiger partial charge in [0.15, 0.2) is 0 Å². The summed E-state index contributed by atoms with van der Waals surface area (Å²) in [6.45, 7) is 0. The number of nitrogens with zero attached hydrogens (tertiary/aromatic N) is 1. The monoisotopic (exact) mass is 315 g/mol. The third-order valence-corrected chi connectivity index (χ3v) is 3.49. The fourth-order valence-corrected chi connectivity index (χ4v) is 2.15. The summed E-state index contributed by atoms with van der Waals surface area (Å²) in [7, 11) is 1.28. The lowest BCUT2D eigenvalue weighted by atomic mass is 10.1. The van der Waals surface area contributed by atoms with Gasteiger partial charge in [-0.05, 0) is 12.1 Å². The third kappa shape index (κ3) is 2.84. The molecule has 0 spiro atoms. The van der Waals surface area contributed by atoms with Gasteiger partial charge in [-0.2, -0.15) is 0 Å². The van der Waals surface area contributed by atoms with Crippen LogP contribution in [-0.4, -0.2) is 18.1 Å². The SMILES string of the molecule is COC(=O)c1cc(Cl)cnc1-c1cccc(Cl)c1Cl. The van der Waals surface area contributed by atoms with Crippen molar-refractivity contribution in [3.63, 3.8) is 0 Å². The second kappa shape index (κ2) is 5.78. The number of ether oxygens (including phenoxy) is 1. The second-order valence-electron chi connectivity index (χ2n) is 3.64. The van der Waals surface area contributed by atoms with Crippen molar-refractivity contribution in [1.29, 1.82) is 0 Å². The first-order valence-electron chi connectivity index (χ1n) is 5.23. The summed E-state index contributed by atoms with van der Waals surface area (Å²) in [5.41, 5.74) is 1.16. The van der Waals surface area contributed by atoms with Gasteiger partial charge in [0.25, 0.3) is 0 Å². The number of benzene rings is 1. The summed E-state index contributed by atoms with van der Waals surface area (Å²) in [6.07, 6.45) is 1.43. The van der Waals surface area contributed by atoms with E-state index in [4.69, 9.17) is 39.5 Å². The first kappa shape index (κ1) is 14.1. The van der Waals surface area contributed by atoms with Gasteiger partial charge >= 0.3 is 5.97 Å². The third-order valence-electron chi connectivity index (χ3n) is 2.47. The van der Waals surface area contributed by atoms with Crippen LogP contribution in [-0.2, 0) is 4.74 Å². The molecule has 1 aromatic carbocycles. The Morgan fingerprint density at radius 1 is 1.26 bits per heavy atom. The van der Waals surface area contributed by atoms with E-state index in [0.717, 1.165) is 0 Å². The minimum atomic E-state index is -0.541. The average Bonchev–Trinajstić information content (AvgIpc) is 2.41. The molecule has 1 aromatic heterocycles. The molecule has 3 nitrogen and oxygen atoms in total. The van der Waals surface area contributed by atoms with Gasteiger partial charge in [0, 0.05) is 11.8 Å². The maximum Gasteiger partial charge on any atom is 0.340 e. The van der Waals surface area contributed by atoms with Crippen LogP contribution in [0.5, 0.6) is 0 Å². The van der Waals surface area contributed by atoms with Gasteiger partial charge in [-0.1, -0.05) is 46.9 Å². The van der Waals surface area contributed by atoms with Crippen LogP contribution in [0, 0.1) is 0 Å². The van der Waals surface area contributed by atoms with Crippen LogP contribution in [0.3, 0.4) is 0 Å². The number of esters is 1. The van der Waals surface area contributed by atoms with E-state index in [1.165, 1.54) is 19.4 Å². The van der Waals surface area contributed by atoms with Crippen molar-refractivity contribution in [2.45, 2.75) is 0 Å². The molecule has 0 atom stereocenters. The zero-order valence-corrected chi connectivity index (χ0v) is 12.1. The topological polar surface area (TPSA) is 39.2 Å². The number of aromatic nitrogens is 1. The van der Waals surface area contributed by atoms with E-state index < -0.39 is 5.97 Å². The van der Waals surface area contributed by atoms with E-state index in [1.54, 1.807) is 18.2 Å². The molecule has 0 fully saturated rings. The molecule has 0 aliphatic rings. The summed E-state index contributed by atoms with van der Waals surface area (Å²) in [6, 6.07) is 6.58. The lowest BCUT2D eigenvalue weighted by Gasteiger charge is -2.09. The molecule has 0 amide bonds. The van der Waals surface area contributed by atoms with Crippen LogP contribution in [0.4, 0.5) is 0 Å². The molecule has 0 radical (unpaired) electrons. The molecule has 2 aromatic rings. The Morgan fingerprint density at radius 2 is 2.00 bits per heavy atom. The lowest BCUT2D eigenvalue weighted by molar-refractivity contribution is 0.0601. The van der Waals surface area contributed by atoms with E-state index in [1.807, 2.05) is 0 Å². The van der Waals surface area contributed by atoms with Crippen LogP contribution in [0.15, 0.2) is 30.5 Å². The number of hydrogen-bond donors (Lipinski definition) is 0. The first-order chi connectivity index (χ1) is 9.04. The first-order valence-corrected chi connectivity index (χ1v) is 6.36. The van der Waals surface area contributed by atoms with Gasteiger partial charge in [0.2, 0.25) is 0 Å². The molecular weight excluding hydrogens is 309 g/mol. The van der Waals surface area contributed by atoms with E-state index >= 15 is 0 Å². The standard InChI is InChI=1S/C13H8Cl3NO2/c1-19-13(18)9-5-7(14)6-17-12(9)8-3-2-4-10(15)11(8)16/h2-6H,1H3. The molecular formula is C13H8Cl3NO2. The average molecular weight is 317 g/mol. The number of carbonyl (C=O) groups is 1. The van der Waals surface area contributed by atoms with Gasteiger partial charge in [0.1, 0.15) is 0 Å². The number of halogens is 3. The molecule has 0 N–H and O–H groups in total. The van der Waals surface area contributed by atoms with E-state index in [0.29, 0.717) is 26.3 Å². The van der Waals surface area contributed by atoms with Crippen molar-refractivity contribution < 1.29 is 9.53 Å². The maximum atomic E-state index is 11.8. The van der Waals surface area contributed by atoms with Crippen LogP contribution in [0.2, 0.25) is 15.1 Å². The lowest BCUT2D eigenvalue weighted by Crippen LogP contribution is -2.05. The minimum Gasteiger partial charge on any atom is -0.465 e. The molecule has 0 unspecified atom stereocenters. The number of carbonyl (C=O) groups excluding carboxylic acids is 1. The molecule has 0 aliphatic heterocycles. The van der Waals surface area contributed by atoms with Gasteiger partial charge in [-0.15, -0.1) is 0 Å². The molecule has 19 heavy (non-hydrogen) atoms. The Bertz CT molecular complexity index is 644. The summed E-state index contributed by atoms with van der Waals surface area (Å²) in [5.74, 6) is -0.541. The normalized spacial score (nSPS) is 10.3. The second-order valence-corrected chi connectivity index (χ2v) is 4.86. The highest BCUT2D eigenvalue weighted by molar-refractivity contribution is 6.43. The predicted molar refractivity (Wildman–Crippen MR) is 76.0 cm³/mol. The molecule has 0 saturated heterocycles. The number of rotatable bonds is 2. The van der Waals surface area contributed by atoms with Crippen molar-refractivity contribution >= 4 is 40.8 Å². The molecule has 1 heterocycles. The van der Waals surface area contributed by atoms with Crippen LogP contribution in [0.25, 0.3) is 11.3 Å². The van der Waals surface area contributed by atoms with Crippen molar-refractivity contribution in [2.24, 2.45) is 0 Å². The van der Waals surface area contributed by atoms with E-state index in [2.05, 4.69) is 4.98 Å². The highest BCUT2D eigenvalue weighted by atomic mass is 35.5. The van der Waals surface area contributed by atoms with Crippen molar-refractivity contribution in [3.05, 3.63) is 51.1 Å². The summed E-state index contributed by atoms with van der Waals surface area (Å²) in [4.78, 5) is 15.9. The molecule has 0 saturated carbocycles. The molecule has 98 valence electrons. The predicted octanol–water partition coefficient (Wildman–Crippen LogP) is 4.50. The zero-order chi connectivity index (χ0) is 14.0. The van der Waals surface area contributed by atoms with Gasteiger partial charge in [-0.3, -0.25) is 4.98 Å². The Labute approximate surface area is 125 Å². The molecule has 0 bridgehead atoms. The summed E-state index contributed by atoms with van der Waals surface area (Å²) >= 11 is 17.9.